The standard InChI is InChI=1S/C38H70INO4S/c1-5-9-13-17-21-25-29-33-34(30-26-22-18-14-10-6-2)36(32-28-24-20-16-12-8-4)38(45(40,43)44)37(39(41)42)35(33)31-27-23-19-15-11-7-3/h5-32H2,1-4H3,(H2,40,43,44). The van der Waals surface area contributed by atoms with Crippen LogP contribution in [0.4, 0.5) is 0 Å². The Balaban J connectivity index is 3.66. The van der Waals surface area contributed by atoms with Gasteiger partial charge in [0.15, 0.2) is 0 Å². The van der Waals surface area contributed by atoms with E-state index in [1.54, 1.807) is 0 Å². The first-order valence-corrected chi connectivity index (χ1v) is 23.4. The number of nitrogens with two attached hydrogens (primary N) is 1. The van der Waals surface area contributed by atoms with Gasteiger partial charge in [-0.15, -0.1) is 0 Å². The molecule has 0 heterocycles. The molecule has 45 heavy (non-hydrogen) atoms. The van der Waals surface area contributed by atoms with Crippen molar-refractivity contribution < 1.29 is 14.6 Å². The Kier molecular flexibility index (Phi) is 24.9. The van der Waals surface area contributed by atoms with Gasteiger partial charge in [-0.05, 0) is 73.6 Å². The molecule has 0 aliphatic heterocycles. The maximum absolute atomic E-state index is 13.4. The first-order chi connectivity index (χ1) is 21.7. The van der Waals surface area contributed by atoms with Crippen molar-refractivity contribution in [2.24, 2.45) is 5.14 Å². The normalized spacial score (nSPS) is 12.0. The number of hydrogen-bond acceptors (Lipinski definition) is 4. The highest BCUT2D eigenvalue weighted by molar-refractivity contribution is 14.2. The Morgan fingerprint density at radius 1 is 0.422 bits per heavy atom. The zero-order chi connectivity index (χ0) is 33.3. The van der Waals surface area contributed by atoms with Crippen molar-refractivity contribution in [3.05, 3.63) is 25.8 Å². The summed E-state index contributed by atoms with van der Waals surface area (Å²) in [4.78, 5) is -0.0279. The van der Waals surface area contributed by atoms with Gasteiger partial charge in [0.25, 0.3) is 0 Å². The molecule has 0 amide bonds. The van der Waals surface area contributed by atoms with Crippen LogP contribution in [0, 0.1) is 3.57 Å². The second kappa shape index (κ2) is 26.4. The van der Waals surface area contributed by atoms with Gasteiger partial charge in [0.2, 0.25) is 10.0 Å². The predicted octanol–water partition coefficient (Wildman–Crippen LogP) is 12.3. The maximum Gasteiger partial charge on any atom is 0.342 e. The number of unbranched alkanes of at least 4 members (excludes halogenated alkanes) is 20. The predicted molar refractivity (Wildman–Crippen MR) is 200 cm³/mol. The topological polar surface area (TPSA) is 94.3 Å². The summed E-state index contributed by atoms with van der Waals surface area (Å²) in [5, 5.41) is 5.96. The first kappa shape index (κ1) is 42.5. The molecule has 5 nitrogen and oxygen atoms in total. The van der Waals surface area contributed by atoms with Crippen molar-refractivity contribution in [1.82, 2.24) is 0 Å². The van der Waals surface area contributed by atoms with Gasteiger partial charge >= 0.3 is 19.8 Å². The molecular formula is C38H70INO4S. The SMILES string of the molecule is CCCCCCCCc1c(CCCCCCCC)c(CCCCCCCC)c(S(N)(=O)=O)c(I(=O)=O)c1CCCCCCCC. The van der Waals surface area contributed by atoms with Crippen LogP contribution in [-0.4, -0.2) is 8.42 Å². The van der Waals surface area contributed by atoms with Gasteiger partial charge in [-0.2, -0.15) is 0 Å². The highest BCUT2D eigenvalue weighted by atomic mass is 127. The molecule has 0 unspecified atom stereocenters. The fraction of sp³-hybridized carbons (Fsp3) is 0.842. The maximum atomic E-state index is 13.4. The van der Waals surface area contributed by atoms with E-state index in [2.05, 4.69) is 27.7 Å². The zero-order valence-electron chi connectivity index (χ0n) is 29.8. The van der Waals surface area contributed by atoms with E-state index < -0.39 is 29.8 Å². The van der Waals surface area contributed by atoms with Crippen LogP contribution < -0.4 is 5.14 Å². The van der Waals surface area contributed by atoms with Gasteiger partial charge in [0.05, 0.1) is 0 Å². The lowest BCUT2D eigenvalue weighted by molar-refractivity contribution is 0.577. The summed E-state index contributed by atoms with van der Waals surface area (Å²) in [6.45, 7) is 8.88. The summed E-state index contributed by atoms with van der Waals surface area (Å²) in [7, 11) is -4.20. The Morgan fingerprint density at radius 3 is 1.00 bits per heavy atom. The number of sulfonamides is 1. The summed E-state index contributed by atoms with van der Waals surface area (Å²) in [6, 6.07) is 0. The van der Waals surface area contributed by atoms with Crippen LogP contribution in [0.3, 0.4) is 0 Å². The highest BCUT2D eigenvalue weighted by Crippen LogP contribution is 2.40. The first-order valence-electron chi connectivity index (χ1n) is 19.0. The lowest BCUT2D eigenvalue weighted by Crippen LogP contribution is -2.21. The van der Waals surface area contributed by atoms with Crippen molar-refractivity contribution in [3.63, 3.8) is 0 Å². The Bertz CT molecular complexity index is 1090. The fourth-order valence-electron chi connectivity index (χ4n) is 6.82. The van der Waals surface area contributed by atoms with Gasteiger partial charge in [-0.25, -0.2) is 19.7 Å². The number of hydrogen-bond donors (Lipinski definition) is 1. The molecule has 1 aromatic carbocycles. The molecule has 1 aromatic rings. The summed E-state index contributed by atoms with van der Waals surface area (Å²) < 4.78 is 53.1. The number of primary sulfonamides is 1. The minimum atomic E-state index is -4.20. The smallest absolute Gasteiger partial charge is 0.230 e. The van der Waals surface area contributed by atoms with Gasteiger partial charge in [0, 0.05) is 0 Å². The van der Waals surface area contributed by atoms with E-state index >= 15 is 0 Å². The minimum Gasteiger partial charge on any atom is -0.230 e. The van der Waals surface area contributed by atoms with E-state index in [0.717, 1.165) is 93.7 Å². The summed E-state index contributed by atoms with van der Waals surface area (Å²) in [5.41, 5.74) is 3.87. The lowest BCUT2D eigenvalue weighted by atomic mass is 9.85. The highest BCUT2D eigenvalue weighted by Gasteiger charge is 2.31. The average molecular weight is 764 g/mol. The van der Waals surface area contributed by atoms with E-state index in [9.17, 15) is 14.6 Å². The molecule has 0 bridgehead atoms. The Morgan fingerprint density at radius 2 is 0.689 bits per heavy atom. The van der Waals surface area contributed by atoms with E-state index in [1.165, 1.54) is 95.5 Å². The molecule has 0 fully saturated rings. The van der Waals surface area contributed by atoms with Gasteiger partial charge in [0.1, 0.15) is 8.47 Å². The molecule has 264 valence electrons. The van der Waals surface area contributed by atoms with Crippen LogP contribution in [0.1, 0.15) is 204 Å². The quantitative estimate of drug-likeness (QED) is 0.0623. The lowest BCUT2D eigenvalue weighted by Gasteiger charge is -2.24. The van der Waals surface area contributed by atoms with Crippen molar-refractivity contribution in [2.75, 3.05) is 0 Å². The van der Waals surface area contributed by atoms with Crippen LogP contribution in [-0.2, 0) is 41.8 Å². The minimum absolute atomic E-state index is 0.0279. The van der Waals surface area contributed by atoms with E-state index in [-0.39, 0.29) is 8.47 Å². The third-order valence-electron chi connectivity index (χ3n) is 9.39. The summed E-state index contributed by atoms with van der Waals surface area (Å²) in [5.74, 6) is 0. The molecule has 0 saturated carbocycles. The van der Waals surface area contributed by atoms with Gasteiger partial charge in [-0.1, -0.05) is 156 Å². The molecular weight excluding hydrogens is 693 g/mol. The van der Waals surface area contributed by atoms with Crippen LogP contribution in [0.5, 0.6) is 0 Å². The van der Waals surface area contributed by atoms with Crippen LogP contribution in [0.2, 0.25) is 0 Å². The van der Waals surface area contributed by atoms with Crippen molar-refractivity contribution in [2.45, 2.75) is 212 Å². The molecule has 0 spiro atoms. The molecule has 0 atom stereocenters. The molecule has 0 aromatic heterocycles. The monoisotopic (exact) mass is 763 g/mol. The molecule has 2 N–H and O–H groups in total. The Hall–Kier alpha value is -0.540. The van der Waals surface area contributed by atoms with Crippen LogP contribution in [0.25, 0.3) is 0 Å². The van der Waals surface area contributed by atoms with E-state index in [0.29, 0.717) is 12.8 Å². The molecule has 1 rings (SSSR count). The van der Waals surface area contributed by atoms with Crippen LogP contribution >= 0.6 is 19.8 Å². The van der Waals surface area contributed by atoms with Gasteiger partial charge in [-0.3, -0.25) is 0 Å². The van der Waals surface area contributed by atoms with Crippen molar-refractivity contribution >= 4 is 29.8 Å². The van der Waals surface area contributed by atoms with Crippen LogP contribution in [0.15, 0.2) is 4.90 Å². The zero-order valence-corrected chi connectivity index (χ0v) is 32.8. The van der Waals surface area contributed by atoms with E-state index in [1.807, 2.05) is 0 Å². The van der Waals surface area contributed by atoms with Gasteiger partial charge < -0.3 is 0 Å². The third-order valence-corrected chi connectivity index (χ3v) is 12.8. The number of halogens is 1. The second-order valence-electron chi connectivity index (χ2n) is 13.4. The Labute approximate surface area is 286 Å². The number of benzene rings is 1. The van der Waals surface area contributed by atoms with Crippen molar-refractivity contribution in [1.29, 1.82) is 0 Å². The number of rotatable bonds is 30. The molecule has 0 radical (unpaired) electrons. The second-order valence-corrected chi connectivity index (χ2v) is 17.2. The molecule has 0 saturated heterocycles. The van der Waals surface area contributed by atoms with E-state index in [4.69, 9.17) is 5.14 Å². The largest absolute Gasteiger partial charge is 0.342 e. The molecule has 7 heteroatoms. The summed E-state index contributed by atoms with van der Waals surface area (Å²) >= 11 is -4.18. The average Bonchev–Trinajstić information content (AvgIpc) is 3.00. The third kappa shape index (κ3) is 17.4. The van der Waals surface area contributed by atoms with Crippen molar-refractivity contribution in [3.8, 4) is 0 Å². The summed E-state index contributed by atoms with van der Waals surface area (Å²) in [6.07, 6.45) is 30.2. The fourth-order valence-corrected chi connectivity index (χ4v) is 11.0. The molecule has 0 aliphatic rings. The molecule has 0 aliphatic carbocycles.